The predicted octanol–water partition coefficient (Wildman–Crippen LogP) is 1.03. The third-order valence-corrected chi connectivity index (χ3v) is 5.23. The molecule has 2 N–H and O–H groups in total. The summed E-state index contributed by atoms with van der Waals surface area (Å²) in [4.78, 5) is -0.337. The number of nitrogens with zero attached hydrogens (tertiary/aromatic N) is 3. The maximum atomic E-state index is 12.6. The zero-order chi connectivity index (χ0) is 15.3. The molecule has 0 unspecified atom stereocenters. The summed E-state index contributed by atoms with van der Waals surface area (Å²) >= 11 is 0. The van der Waals surface area contributed by atoms with Gasteiger partial charge in [0, 0.05) is 13.1 Å². The van der Waals surface area contributed by atoms with E-state index in [0.717, 1.165) is 0 Å². The van der Waals surface area contributed by atoms with Crippen LogP contribution in [0.25, 0.3) is 0 Å². The molecule has 114 valence electrons. The maximum absolute atomic E-state index is 12.6. The van der Waals surface area contributed by atoms with Crippen LogP contribution in [0, 0.1) is 6.92 Å². The fourth-order valence-electron chi connectivity index (χ4n) is 2.00. The Hall–Kier alpha value is -1.29. The van der Waals surface area contributed by atoms with Gasteiger partial charge in [-0.15, -0.1) is 0 Å². The Kier molecular flexibility index (Phi) is 3.49. The fraction of sp³-hybridized carbons (Fsp3) is 0.700. The summed E-state index contributed by atoms with van der Waals surface area (Å²) in [6.07, 6.45) is -3.75. The largest absolute Gasteiger partial charge is 0.402 e. The Morgan fingerprint density at radius 1 is 1.45 bits per heavy atom. The van der Waals surface area contributed by atoms with E-state index in [9.17, 15) is 21.6 Å². The number of hydrogen-bond donors (Lipinski definition) is 1. The Morgan fingerprint density at radius 2 is 2.00 bits per heavy atom. The normalized spacial score (nSPS) is 16.9. The molecule has 0 bridgehead atoms. The van der Waals surface area contributed by atoms with Crippen molar-refractivity contribution in [2.45, 2.75) is 36.9 Å². The van der Waals surface area contributed by atoms with E-state index in [-0.39, 0.29) is 16.4 Å². The summed E-state index contributed by atoms with van der Waals surface area (Å²) in [5.41, 5.74) is 5.75. The lowest BCUT2D eigenvalue weighted by Gasteiger charge is -2.23. The van der Waals surface area contributed by atoms with Crippen molar-refractivity contribution >= 4 is 15.8 Å². The molecule has 0 aliphatic heterocycles. The number of anilines is 1. The highest BCUT2D eigenvalue weighted by molar-refractivity contribution is 7.89. The van der Waals surface area contributed by atoms with Crippen LogP contribution < -0.4 is 5.73 Å². The van der Waals surface area contributed by atoms with Gasteiger partial charge in [0.25, 0.3) is 0 Å². The third-order valence-electron chi connectivity index (χ3n) is 3.16. The zero-order valence-corrected chi connectivity index (χ0v) is 11.8. The van der Waals surface area contributed by atoms with Gasteiger partial charge >= 0.3 is 6.18 Å². The lowest BCUT2D eigenvalue weighted by molar-refractivity contribution is -0.137. The lowest BCUT2D eigenvalue weighted by atomic mass is 10.5. The van der Waals surface area contributed by atoms with E-state index >= 15 is 0 Å². The third kappa shape index (κ3) is 2.75. The van der Waals surface area contributed by atoms with Gasteiger partial charge in [0.05, 0.1) is 5.69 Å². The van der Waals surface area contributed by atoms with Crippen molar-refractivity contribution in [1.82, 2.24) is 14.1 Å². The molecule has 0 spiro atoms. The first-order valence-electron chi connectivity index (χ1n) is 5.91. The average Bonchev–Trinajstić information content (AvgIpc) is 3.03. The van der Waals surface area contributed by atoms with Crippen molar-refractivity contribution in [1.29, 1.82) is 0 Å². The molecular formula is C10H15F3N4O2S. The minimum atomic E-state index is -4.60. The minimum absolute atomic E-state index is 0.218. The zero-order valence-electron chi connectivity index (χ0n) is 11.0. The number of hydrogen-bond acceptors (Lipinski definition) is 4. The van der Waals surface area contributed by atoms with Gasteiger partial charge in [0.2, 0.25) is 10.0 Å². The number of halogens is 3. The molecule has 1 aromatic heterocycles. The number of aryl methyl sites for hydroxylation is 1. The van der Waals surface area contributed by atoms with Crippen LogP contribution in [-0.4, -0.2) is 41.3 Å². The van der Waals surface area contributed by atoms with E-state index in [4.69, 9.17) is 5.73 Å². The summed E-state index contributed by atoms with van der Waals surface area (Å²) in [7, 11) is -2.82. The van der Waals surface area contributed by atoms with Gasteiger partial charge in [-0.25, -0.2) is 8.42 Å². The summed E-state index contributed by atoms with van der Waals surface area (Å²) in [5, 5.41) is 3.74. The molecule has 0 amide bonds. The van der Waals surface area contributed by atoms with Gasteiger partial charge in [-0.3, -0.25) is 4.68 Å². The Labute approximate surface area is 114 Å². The van der Waals surface area contributed by atoms with Crippen molar-refractivity contribution in [2.24, 2.45) is 7.05 Å². The molecule has 10 heteroatoms. The Balaban J connectivity index is 2.46. The van der Waals surface area contributed by atoms with Gasteiger partial charge in [-0.2, -0.15) is 22.6 Å². The van der Waals surface area contributed by atoms with Crippen molar-refractivity contribution in [2.75, 3.05) is 12.3 Å². The van der Waals surface area contributed by atoms with E-state index in [0.29, 0.717) is 17.1 Å². The molecule has 1 heterocycles. The molecule has 1 aliphatic rings. The lowest BCUT2D eigenvalue weighted by Crippen LogP contribution is -2.40. The van der Waals surface area contributed by atoms with Crippen LogP contribution in [0.3, 0.4) is 0 Å². The van der Waals surface area contributed by atoms with Crippen molar-refractivity contribution in [3.63, 3.8) is 0 Å². The number of nitrogens with two attached hydrogens (primary N) is 1. The average molecular weight is 312 g/mol. The van der Waals surface area contributed by atoms with Gasteiger partial charge in [0.15, 0.2) is 5.82 Å². The summed E-state index contributed by atoms with van der Waals surface area (Å²) in [6, 6.07) is -0.611. The van der Waals surface area contributed by atoms with Gasteiger partial charge in [-0.05, 0) is 19.8 Å². The second-order valence-corrected chi connectivity index (χ2v) is 6.65. The minimum Gasteiger partial charge on any atom is -0.381 e. The van der Waals surface area contributed by atoms with Crippen LogP contribution in [-0.2, 0) is 17.1 Å². The number of nitrogen functional groups attached to an aromatic ring is 1. The van der Waals surface area contributed by atoms with Crippen LogP contribution in [0.2, 0.25) is 0 Å². The molecule has 0 saturated heterocycles. The highest BCUT2D eigenvalue weighted by atomic mass is 32.2. The first kappa shape index (κ1) is 15.1. The monoisotopic (exact) mass is 312 g/mol. The van der Waals surface area contributed by atoms with Crippen LogP contribution >= 0.6 is 0 Å². The van der Waals surface area contributed by atoms with E-state index in [2.05, 4.69) is 5.10 Å². The summed E-state index contributed by atoms with van der Waals surface area (Å²) in [6.45, 7) is -0.0529. The molecule has 20 heavy (non-hydrogen) atoms. The molecule has 1 aromatic rings. The van der Waals surface area contributed by atoms with Crippen LogP contribution in [0.4, 0.5) is 19.0 Å². The molecule has 0 atom stereocenters. The maximum Gasteiger partial charge on any atom is 0.402 e. The first-order chi connectivity index (χ1) is 9.04. The fourth-order valence-corrected chi connectivity index (χ4v) is 3.96. The van der Waals surface area contributed by atoms with E-state index in [1.165, 1.54) is 18.7 Å². The van der Waals surface area contributed by atoms with Crippen LogP contribution in [0.5, 0.6) is 0 Å². The SMILES string of the molecule is Cc1c(S(=O)(=O)N(CC(F)(F)F)C2CC2)c(N)nn1C. The van der Waals surface area contributed by atoms with Crippen LogP contribution in [0.15, 0.2) is 4.90 Å². The standard InChI is InChI=1S/C10H15F3N4O2S/c1-6-8(9(14)15-16(6)2)20(18,19)17(7-3-4-7)5-10(11,12)13/h7H,3-5H2,1-2H3,(H2,14,15). The molecule has 6 nitrogen and oxygen atoms in total. The first-order valence-corrected chi connectivity index (χ1v) is 7.35. The van der Waals surface area contributed by atoms with Gasteiger partial charge in [0.1, 0.15) is 11.4 Å². The number of aromatic nitrogens is 2. The molecule has 1 saturated carbocycles. The smallest absolute Gasteiger partial charge is 0.381 e. The number of rotatable bonds is 4. The molecule has 2 rings (SSSR count). The molecular weight excluding hydrogens is 297 g/mol. The number of alkyl halides is 3. The molecule has 1 aliphatic carbocycles. The quantitative estimate of drug-likeness (QED) is 0.900. The van der Waals surface area contributed by atoms with E-state index in [1.807, 2.05) is 0 Å². The highest BCUT2D eigenvalue weighted by Gasteiger charge is 2.46. The van der Waals surface area contributed by atoms with E-state index < -0.39 is 28.8 Å². The molecule has 0 aromatic carbocycles. The van der Waals surface area contributed by atoms with E-state index in [1.54, 1.807) is 0 Å². The summed E-state index contributed by atoms with van der Waals surface area (Å²) in [5.74, 6) is -0.280. The number of sulfonamides is 1. The highest BCUT2D eigenvalue weighted by Crippen LogP contribution is 2.36. The van der Waals surface area contributed by atoms with Crippen LogP contribution in [0.1, 0.15) is 18.5 Å². The molecule has 1 fully saturated rings. The second-order valence-electron chi connectivity index (χ2n) is 4.82. The predicted molar refractivity (Wildman–Crippen MR) is 65.3 cm³/mol. The van der Waals surface area contributed by atoms with Crippen molar-refractivity contribution < 1.29 is 21.6 Å². The Bertz CT molecular complexity index is 619. The van der Waals surface area contributed by atoms with Gasteiger partial charge < -0.3 is 5.73 Å². The summed E-state index contributed by atoms with van der Waals surface area (Å²) < 4.78 is 64.4. The second kappa shape index (κ2) is 4.62. The van der Waals surface area contributed by atoms with Crippen molar-refractivity contribution in [3.8, 4) is 0 Å². The Morgan fingerprint density at radius 3 is 2.35 bits per heavy atom. The molecule has 0 radical (unpaired) electrons. The van der Waals surface area contributed by atoms with Crippen molar-refractivity contribution in [3.05, 3.63) is 5.69 Å². The topological polar surface area (TPSA) is 81.2 Å². The van der Waals surface area contributed by atoms with Gasteiger partial charge in [-0.1, -0.05) is 0 Å².